The van der Waals surface area contributed by atoms with Gasteiger partial charge in [-0.15, -0.1) is 0 Å². The first-order valence-corrected chi connectivity index (χ1v) is 12.8. The van der Waals surface area contributed by atoms with Crippen LogP contribution in [0.4, 0.5) is 4.79 Å². The highest BCUT2D eigenvalue weighted by molar-refractivity contribution is 5.80. The van der Waals surface area contributed by atoms with Gasteiger partial charge in [0.25, 0.3) is 5.56 Å². The second kappa shape index (κ2) is 8.09. The summed E-state index contributed by atoms with van der Waals surface area (Å²) < 4.78 is 9.03. The van der Waals surface area contributed by atoms with Gasteiger partial charge in [-0.1, -0.05) is 0 Å². The first-order valence-electron chi connectivity index (χ1n) is 12.8. The zero-order valence-electron chi connectivity index (χ0n) is 21.9. The fourth-order valence-electron chi connectivity index (χ4n) is 5.46. The summed E-state index contributed by atoms with van der Waals surface area (Å²) in [5, 5.41) is 9.71. The summed E-state index contributed by atoms with van der Waals surface area (Å²) in [4.78, 5) is 37.3. The zero-order chi connectivity index (χ0) is 26.1. The van der Waals surface area contributed by atoms with E-state index in [0.29, 0.717) is 41.7 Å². The third-order valence-corrected chi connectivity index (χ3v) is 7.35. The molecule has 1 aliphatic carbocycles. The number of aryl methyl sites for hydroxylation is 2. The lowest BCUT2D eigenvalue weighted by molar-refractivity contribution is -0.000257. The van der Waals surface area contributed by atoms with Gasteiger partial charge in [-0.2, -0.15) is 10.2 Å². The number of carbonyl (C=O) groups is 1. The molecule has 10 nitrogen and oxygen atoms in total. The molecule has 1 saturated heterocycles. The van der Waals surface area contributed by atoms with Crippen LogP contribution in [0.2, 0.25) is 0 Å². The van der Waals surface area contributed by atoms with Crippen LogP contribution in [0.25, 0.3) is 27.8 Å². The van der Waals surface area contributed by atoms with E-state index in [2.05, 4.69) is 15.2 Å². The molecule has 4 aromatic heterocycles. The van der Waals surface area contributed by atoms with Crippen LogP contribution in [0.3, 0.4) is 0 Å². The van der Waals surface area contributed by atoms with E-state index in [1.807, 2.05) is 62.4 Å². The molecule has 1 atom stereocenters. The summed E-state index contributed by atoms with van der Waals surface area (Å²) in [6, 6.07) is 5.52. The van der Waals surface area contributed by atoms with Crippen molar-refractivity contribution in [3.05, 3.63) is 52.3 Å². The van der Waals surface area contributed by atoms with Crippen molar-refractivity contribution in [2.24, 2.45) is 0 Å². The molecule has 37 heavy (non-hydrogen) atoms. The van der Waals surface area contributed by atoms with E-state index in [1.165, 1.54) is 0 Å². The van der Waals surface area contributed by atoms with Crippen molar-refractivity contribution in [3.63, 3.8) is 0 Å². The summed E-state index contributed by atoms with van der Waals surface area (Å²) in [6.45, 7) is 10.1. The lowest BCUT2D eigenvalue weighted by atomic mass is 9.95. The molecule has 2 aliphatic rings. The van der Waals surface area contributed by atoms with Crippen molar-refractivity contribution in [2.75, 3.05) is 6.54 Å². The topological polar surface area (TPSA) is 108 Å². The van der Waals surface area contributed by atoms with Gasteiger partial charge in [0.05, 0.1) is 51.9 Å². The molecule has 192 valence electrons. The van der Waals surface area contributed by atoms with Crippen LogP contribution in [0.1, 0.15) is 63.9 Å². The predicted octanol–water partition coefficient (Wildman–Crippen LogP) is 4.22. The normalized spacial score (nSPS) is 19.1. The van der Waals surface area contributed by atoms with Crippen LogP contribution >= 0.6 is 0 Å². The minimum atomic E-state index is -0.537. The molecule has 1 unspecified atom stereocenters. The number of carbonyl (C=O) groups excluding carboxylic acids is 1. The van der Waals surface area contributed by atoms with E-state index in [-0.39, 0.29) is 23.2 Å². The van der Waals surface area contributed by atoms with Gasteiger partial charge in [0.2, 0.25) is 0 Å². The van der Waals surface area contributed by atoms with Gasteiger partial charge in [-0.05, 0) is 78.5 Å². The van der Waals surface area contributed by atoms with E-state index in [0.717, 1.165) is 29.7 Å². The number of hydrogen-bond acceptors (Lipinski definition) is 7. The second-order valence-corrected chi connectivity index (χ2v) is 11.4. The number of hydrogen-bond donors (Lipinski definition) is 0. The molecule has 1 aliphatic heterocycles. The number of aromatic nitrogens is 6. The molecule has 6 rings (SSSR count). The fraction of sp³-hybridized carbons (Fsp3) is 0.481. The molecule has 5 heterocycles. The Hall–Kier alpha value is -3.82. The summed E-state index contributed by atoms with van der Waals surface area (Å²) >= 11 is 0. The van der Waals surface area contributed by atoms with Gasteiger partial charge in [0.1, 0.15) is 11.3 Å². The number of amides is 1. The quantitative estimate of drug-likeness (QED) is 0.405. The van der Waals surface area contributed by atoms with Gasteiger partial charge < -0.3 is 9.64 Å². The lowest BCUT2D eigenvalue weighted by Gasteiger charge is -2.40. The number of rotatable bonds is 2. The van der Waals surface area contributed by atoms with Crippen molar-refractivity contribution in [1.82, 2.24) is 34.3 Å². The van der Waals surface area contributed by atoms with Crippen molar-refractivity contribution >= 4 is 22.5 Å². The van der Waals surface area contributed by atoms with Crippen LogP contribution in [0.5, 0.6) is 0 Å². The molecule has 10 heteroatoms. The molecule has 2 fully saturated rings. The molecule has 0 aromatic carbocycles. The molecular weight excluding hydrogens is 470 g/mol. The third kappa shape index (κ3) is 4.14. The average Bonchev–Trinajstić information content (AvgIpc) is 3.43. The zero-order valence-corrected chi connectivity index (χ0v) is 21.9. The highest BCUT2D eigenvalue weighted by atomic mass is 16.6. The van der Waals surface area contributed by atoms with Crippen LogP contribution in [-0.4, -0.2) is 58.0 Å². The summed E-state index contributed by atoms with van der Waals surface area (Å²) in [5.74, 6) is 0. The van der Waals surface area contributed by atoms with Gasteiger partial charge >= 0.3 is 6.09 Å². The van der Waals surface area contributed by atoms with Crippen molar-refractivity contribution in [1.29, 1.82) is 0 Å². The van der Waals surface area contributed by atoms with Crippen molar-refractivity contribution < 1.29 is 9.53 Å². The standard InChI is InChI=1S/C27H31N7O3/c1-16-15-33-23(17(2)29-16)12-21(31-33)20-7-6-19-22(30-20)14-28-34(24(19)35)18-8-11-32(27(13-18)9-10-27)25(36)37-26(3,4)5/h6-7,12,14-15,18H,8-11,13H2,1-5H3. The Kier molecular flexibility index (Phi) is 5.15. The Labute approximate surface area is 214 Å². The van der Waals surface area contributed by atoms with Crippen LogP contribution in [0.15, 0.2) is 35.4 Å². The number of nitrogens with zero attached hydrogens (tertiary/aromatic N) is 7. The van der Waals surface area contributed by atoms with E-state index in [1.54, 1.807) is 16.9 Å². The van der Waals surface area contributed by atoms with E-state index in [4.69, 9.17) is 9.72 Å². The van der Waals surface area contributed by atoms with Crippen molar-refractivity contribution in [3.8, 4) is 11.4 Å². The van der Waals surface area contributed by atoms with Crippen molar-refractivity contribution in [2.45, 2.75) is 77.5 Å². The first kappa shape index (κ1) is 23.6. The Morgan fingerprint density at radius 1 is 1.14 bits per heavy atom. The number of ether oxygens (including phenoxy) is 1. The molecule has 4 aromatic rings. The third-order valence-electron chi connectivity index (χ3n) is 7.35. The van der Waals surface area contributed by atoms with E-state index < -0.39 is 5.60 Å². The number of pyridine rings is 1. The largest absolute Gasteiger partial charge is 0.444 e. The molecule has 1 spiro atoms. The lowest BCUT2D eigenvalue weighted by Crippen LogP contribution is -2.51. The summed E-state index contributed by atoms with van der Waals surface area (Å²) in [5.41, 5.74) is 3.70. The summed E-state index contributed by atoms with van der Waals surface area (Å²) in [6.07, 6.45) is 6.46. The first-order chi connectivity index (χ1) is 17.5. The molecule has 1 amide bonds. The SMILES string of the molecule is Cc1cn2nc(-c3ccc4c(=O)n(C5CCN(C(=O)OC(C)(C)C)C6(CC6)C5)ncc4n3)cc2c(C)n1. The average molecular weight is 502 g/mol. The minimum absolute atomic E-state index is 0.0742. The Morgan fingerprint density at radius 2 is 1.92 bits per heavy atom. The molecule has 0 bridgehead atoms. The second-order valence-electron chi connectivity index (χ2n) is 11.4. The maximum absolute atomic E-state index is 13.5. The molecule has 0 N–H and O–H groups in total. The van der Waals surface area contributed by atoms with Gasteiger partial charge in [0, 0.05) is 12.1 Å². The minimum Gasteiger partial charge on any atom is -0.444 e. The number of piperidine rings is 1. The summed E-state index contributed by atoms with van der Waals surface area (Å²) in [7, 11) is 0. The number of likely N-dealkylation sites (tertiary alicyclic amines) is 1. The highest BCUT2D eigenvalue weighted by Gasteiger charge is 2.55. The predicted molar refractivity (Wildman–Crippen MR) is 138 cm³/mol. The van der Waals surface area contributed by atoms with Gasteiger partial charge in [0.15, 0.2) is 0 Å². The Morgan fingerprint density at radius 3 is 2.65 bits per heavy atom. The molecular formula is C27H31N7O3. The fourth-order valence-corrected chi connectivity index (χ4v) is 5.46. The molecule has 1 saturated carbocycles. The van der Waals surface area contributed by atoms with Gasteiger partial charge in [-0.25, -0.2) is 19.0 Å². The smallest absolute Gasteiger partial charge is 0.410 e. The Bertz CT molecular complexity index is 1610. The van der Waals surface area contributed by atoms with Crippen LogP contribution < -0.4 is 5.56 Å². The van der Waals surface area contributed by atoms with Crippen LogP contribution in [-0.2, 0) is 4.74 Å². The number of fused-ring (bicyclic) bond motifs is 2. The Balaban J connectivity index is 1.28. The van der Waals surface area contributed by atoms with E-state index in [9.17, 15) is 9.59 Å². The molecule has 0 radical (unpaired) electrons. The van der Waals surface area contributed by atoms with Gasteiger partial charge in [-0.3, -0.25) is 9.78 Å². The monoisotopic (exact) mass is 501 g/mol. The highest BCUT2D eigenvalue weighted by Crippen LogP contribution is 2.51. The maximum Gasteiger partial charge on any atom is 0.410 e. The van der Waals surface area contributed by atoms with Crippen LogP contribution in [0, 0.1) is 13.8 Å². The maximum atomic E-state index is 13.5. The van der Waals surface area contributed by atoms with E-state index >= 15 is 0 Å².